The first-order chi connectivity index (χ1) is 17.5. The average molecular weight is 528 g/mol. The van der Waals surface area contributed by atoms with E-state index < -0.39 is 13.0 Å². The SMILES string of the molecule is CCOP(C)(=O)c1cc(C#Cc2ccc(OC)c(N3CCN(C(=O)OC(C)(C)C)CC3)c2)cc(CC)n1. The van der Waals surface area contributed by atoms with Gasteiger partial charge in [-0.2, -0.15) is 0 Å². The second-order valence-corrected chi connectivity index (χ2v) is 12.3. The normalized spacial score (nSPS) is 15.4. The van der Waals surface area contributed by atoms with Crippen LogP contribution in [0.5, 0.6) is 5.75 Å². The van der Waals surface area contributed by atoms with Crippen molar-refractivity contribution in [3.05, 3.63) is 47.2 Å². The molecule has 0 aliphatic carbocycles. The number of amides is 1. The van der Waals surface area contributed by atoms with Crippen LogP contribution in [0.2, 0.25) is 0 Å². The van der Waals surface area contributed by atoms with Crippen LogP contribution in [0.15, 0.2) is 30.3 Å². The fraction of sp³-hybridized carbons (Fsp3) is 0.500. The lowest BCUT2D eigenvalue weighted by molar-refractivity contribution is 0.0240. The number of rotatable bonds is 6. The molecule has 1 aliphatic rings. The number of hydrogen-bond donors (Lipinski definition) is 0. The first-order valence-corrected chi connectivity index (χ1v) is 14.7. The molecule has 1 aromatic carbocycles. The van der Waals surface area contributed by atoms with E-state index in [1.165, 1.54) is 0 Å². The molecule has 37 heavy (non-hydrogen) atoms. The van der Waals surface area contributed by atoms with E-state index in [9.17, 15) is 9.36 Å². The van der Waals surface area contributed by atoms with Crippen molar-refractivity contribution in [2.24, 2.45) is 0 Å². The fourth-order valence-corrected chi connectivity index (χ4v) is 5.27. The van der Waals surface area contributed by atoms with Crippen LogP contribution in [0.3, 0.4) is 0 Å². The van der Waals surface area contributed by atoms with Gasteiger partial charge in [-0.15, -0.1) is 0 Å². The predicted molar refractivity (Wildman–Crippen MR) is 147 cm³/mol. The second-order valence-electron chi connectivity index (χ2n) is 9.91. The van der Waals surface area contributed by atoms with Gasteiger partial charge in [0.2, 0.25) is 7.37 Å². The molecule has 2 heterocycles. The van der Waals surface area contributed by atoms with Gasteiger partial charge < -0.3 is 23.8 Å². The highest BCUT2D eigenvalue weighted by Gasteiger charge is 2.27. The van der Waals surface area contributed by atoms with Crippen molar-refractivity contribution < 1.29 is 23.4 Å². The van der Waals surface area contributed by atoms with Crippen LogP contribution >= 0.6 is 7.37 Å². The van der Waals surface area contributed by atoms with Gasteiger partial charge in [-0.3, -0.25) is 4.57 Å². The number of carbonyl (C=O) groups excluding carboxylic acids is 1. The standard InChI is InChI=1S/C28H38N3O5P/c1-8-23-18-22(20-26(29-23)37(7,33)35-9-2)11-10-21-12-13-25(34-6)24(19-21)30-14-16-31(17-15-30)27(32)36-28(3,4)5/h12-13,18-20H,8-9,14-17H2,1-7H3. The highest BCUT2D eigenvalue weighted by Crippen LogP contribution is 2.40. The second kappa shape index (κ2) is 12.0. The van der Waals surface area contributed by atoms with Gasteiger partial charge >= 0.3 is 6.09 Å². The molecular formula is C28H38N3O5P. The molecule has 8 nitrogen and oxygen atoms in total. The van der Waals surface area contributed by atoms with Gasteiger partial charge in [0.1, 0.15) is 16.8 Å². The topological polar surface area (TPSA) is 81.2 Å². The smallest absolute Gasteiger partial charge is 0.410 e. The minimum atomic E-state index is -3.01. The number of aromatic nitrogens is 1. The van der Waals surface area contributed by atoms with Crippen molar-refractivity contribution in [3.8, 4) is 17.6 Å². The molecule has 1 atom stereocenters. The van der Waals surface area contributed by atoms with E-state index in [2.05, 4.69) is 21.7 Å². The number of benzene rings is 1. The molecule has 0 saturated carbocycles. The minimum absolute atomic E-state index is 0.289. The van der Waals surface area contributed by atoms with Crippen LogP contribution in [0, 0.1) is 11.8 Å². The Morgan fingerprint density at radius 2 is 1.73 bits per heavy atom. The van der Waals surface area contributed by atoms with Crippen molar-refractivity contribution in [2.45, 2.75) is 46.6 Å². The number of piperazine rings is 1. The van der Waals surface area contributed by atoms with Crippen LogP contribution in [0.4, 0.5) is 10.5 Å². The first-order valence-electron chi connectivity index (χ1n) is 12.6. The summed E-state index contributed by atoms with van der Waals surface area (Å²) >= 11 is 0. The maximum Gasteiger partial charge on any atom is 0.410 e. The Balaban J connectivity index is 1.82. The molecule has 1 unspecified atom stereocenters. The third kappa shape index (κ3) is 7.74. The molecule has 200 valence electrons. The molecule has 0 radical (unpaired) electrons. The molecular weight excluding hydrogens is 489 g/mol. The number of methoxy groups -OCH3 is 1. The fourth-order valence-electron chi connectivity index (χ4n) is 3.96. The highest BCUT2D eigenvalue weighted by atomic mass is 31.2. The monoisotopic (exact) mass is 527 g/mol. The molecule has 9 heteroatoms. The number of nitrogens with zero attached hydrogens (tertiary/aromatic N) is 3. The van der Waals surface area contributed by atoms with Crippen LogP contribution in [0.25, 0.3) is 0 Å². The van der Waals surface area contributed by atoms with Crippen molar-refractivity contribution >= 4 is 24.6 Å². The molecule has 1 saturated heterocycles. The van der Waals surface area contributed by atoms with Crippen LogP contribution in [-0.2, 0) is 20.2 Å². The third-order valence-corrected chi connectivity index (χ3v) is 7.63. The minimum Gasteiger partial charge on any atom is -0.495 e. The predicted octanol–water partition coefficient (Wildman–Crippen LogP) is 4.68. The van der Waals surface area contributed by atoms with Gasteiger partial charge in [0.05, 0.1) is 19.4 Å². The Bertz CT molecular complexity index is 1220. The number of anilines is 1. The summed E-state index contributed by atoms with van der Waals surface area (Å²) in [6, 6.07) is 9.50. The van der Waals surface area contributed by atoms with Crippen molar-refractivity contribution in [1.29, 1.82) is 0 Å². The Morgan fingerprint density at radius 1 is 1.05 bits per heavy atom. The largest absolute Gasteiger partial charge is 0.495 e. The van der Waals surface area contributed by atoms with Gasteiger partial charge in [0.15, 0.2) is 0 Å². The van der Waals surface area contributed by atoms with Gasteiger partial charge in [-0.1, -0.05) is 18.8 Å². The zero-order valence-corrected chi connectivity index (χ0v) is 23.9. The van der Waals surface area contributed by atoms with Gasteiger partial charge in [0.25, 0.3) is 0 Å². The number of pyridine rings is 1. The molecule has 0 spiro atoms. The van der Waals surface area contributed by atoms with E-state index in [0.717, 1.165) is 28.3 Å². The number of ether oxygens (including phenoxy) is 2. The van der Waals surface area contributed by atoms with Crippen molar-refractivity contribution in [3.63, 3.8) is 0 Å². The summed E-state index contributed by atoms with van der Waals surface area (Å²) in [5.41, 5.74) is 3.24. The maximum absolute atomic E-state index is 12.9. The quantitative estimate of drug-likeness (QED) is 0.399. The zero-order valence-electron chi connectivity index (χ0n) is 23.0. The lowest BCUT2D eigenvalue weighted by Gasteiger charge is -2.37. The van der Waals surface area contributed by atoms with Crippen molar-refractivity contribution in [1.82, 2.24) is 9.88 Å². The average Bonchev–Trinajstić information content (AvgIpc) is 2.86. The summed E-state index contributed by atoms with van der Waals surface area (Å²) in [6.07, 6.45) is 0.416. The number of hydrogen-bond acceptors (Lipinski definition) is 7. The van der Waals surface area contributed by atoms with E-state index in [0.29, 0.717) is 44.6 Å². The Hall–Kier alpha value is -3.01. The van der Waals surface area contributed by atoms with Gasteiger partial charge in [-0.05, 0) is 64.4 Å². The molecule has 1 aliphatic heterocycles. The number of carbonyl (C=O) groups is 1. The van der Waals surface area contributed by atoms with E-state index >= 15 is 0 Å². The maximum atomic E-state index is 12.9. The molecule has 0 N–H and O–H groups in total. The summed E-state index contributed by atoms with van der Waals surface area (Å²) in [5, 5.41) is 0. The summed E-state index contributed by atoms with van der Waals surface area (Å²) in [4.78, 5) is 20.9. The molecule has 0 bridgehead atoms. The first kappa shape index (κ1) is 28.6. The third-order valence-electron chi connectivity index (χ3n) is 5.82. The molecule has 1 amide bonds. The highest BCUT2D eigenvalue weighted by molar-refractivity contribution is 7.65. The van der Waals surface area contributed by atoms with E-state index in [4.69, 9.17) is 14.0 Å². The summed E-state index contributed by atoms with van der Waals surface area (Å²) in [5.74, 6) is 7.19. The van der Waals surface area contributed by atoms with E-state index in [-0.39, 0.29) is 6.09 Å². The number of aryl methyl sites for hydroxylation is 1. The van der Waals surface area contributed by atoms with Crippen LogP contribution < -0.4 is 15.1 Å². The zero-order chi connectivity index (χ0) is 27.2. The molecule has 2 aromatic rings. The molecule has 3 rings (SSSR count). The molecule has 1 aromatic heterocycles. The van der Waals surface area contributed by atoms with Crippen molar-refractivity contribution in [2.75, 3.05) is 51.5 Å². The van der Waals surface area contributed by atoms with Gasteiger partial charge in [-0.25, -0.2) is 9.78 Å². The van der Waals surface area contributed by atoms with E-state index in [1.807, 2.05) is 58.9 Å². The molecule has 1 fully saturated rings. The lowest BCUT2D eigenvalue weighted by atomic mass is 10.1. The summed E-state index contributed by atoms with van der Waals surface area (Å²) in [7, 11) is -1.36. The Labute approximate surface area is 220 Å². The summed E-state index contributed by atoms with van der Waals surface area (Å²) in [6.45, 7) is 13.8. The van der Waals surface area contributed by atoms with Gasteiger partial charge in [0, 0.05) is 49.7 Å². The Kier molecular flexibility index (Phi) is 9.28. The Morgan fingerprint density at radius 3 is 2.32 bits per heavy atom. The summed E-state index contributed by atoms with van der Waals surface area (Å²) < 4.78 is 29.6. The van der Waals surface area contributed by atoms with E-state index in [1.54, 1.807) is 24.7 Å². The lowest BCUT2D eigenvalue weighted by Crippen LogP contribution is -2.50. The van der Waals surface area contributed by atoms with Crippen LogP contribution in [0.1, 0.15) is 51.4 Å². The van der Waals surface area contributed by atoms with Crippen LogP contribution in [-0.4, -0.2) is 68.1 Å².